The van der Waals surface area contributed by atoms with Crippen LogP contribution >= 0.6 is 0 Å². The highest BCUT2D eigenvalue weighted by atomic mass is 32.2. The molecule has 0 unspecified atom stereocenters. The largest absolute Gasteiger partial charge is 0.433 e. The van der Waals surface area contributed by atoms with Crippen molar-refractivity contribution in [3.8, 4) is 0 Å². The average molecular weight is 470 g/mol. The third-order valence-electron chi connectivity index (χ3n) is 4.50. The molecule has 0 radical (unpaired) electrons. The van der Waals surface area contributed by atoms with Gasteiger partial charge in [0.15, 0.2) is 15.7 Å². The maximum Gasteiger partial charge on any atom is 0.433 e. The van der Waals surface area contributed by atoms with Gasteiger partial charge < -0.3 is 5.32 Å². The molecule has 2 heterocycles. The summed E-state index contributed by atoms with van der Waals surface area (Å²) in [5.41, 5.74) is -1.30. The Labute approximate surface area is 172 Å². The van der Waals surface area contributed by atoms with Crippen LogP contribution in [0.2, 0.25) is 0 Å². The standard InChI is InChI=1S/C16H16F6N6O2S/c1-7-11(8-4-3-5-10(8)24-12(7)16(20,21)22)25-14(29)27-31(23,30)13-9(17)6-28(26-13)15(2,18)19/h6H,3-5H2,1-2H3,(H3,23,24,25,27,29,30)/t31-/m0/s1. The summed E-state index contributed by atoms with van der Waals surface area (Å²) in [4.78, 5) is 15.9. The van der Waals surface area contributed by atoms with Crippen molar-refractivity contribution in [2.75, 3.05) is 5.32 Å². The molecule has 2 aromatic heterocycles. The number of aryl methyl sites for hydroxylation is 1. The second-order valence-corrected chi connectivity index (χ2v) is 8.60. The molecule has 2 amide bonds. The first-order valence-electron chi connectivity index (χ1n) is 8.70. The van der Waals surface area contributed by atoms with E-state index in [4.69, 9.17) is 5.14 Å². The fourth-order valence-corrected chi connectivity index (χ4v) is 4.08. The average Bonchev–Trinajstić information content (AvgIpc) is 3.21. The van der Waals surface area contributed by atoms with E-state index in [0.717, 1.165) is 6.92 Å². The normalized spacial score (nSPS) is 16.0. The molecule has 3 rings (SSSR count). The zero-order valence-corrected chi connectivity index (χ0v) is 16.9. The van der Waals surface area contributed by atoms with Crippen molar-refractivity contribution in [1.82, 2.24) is 14.8 Å². The summed E-state index contributed by atoms with van der Waals surface area (Å²) in [7, 11) is -4.43. The van der Waals surface area contributed by atoms with Crippen molar-refractivity contribution in [2.45, 2.75) is 50.4 Å². The highest BCUT2D eigenvalue weighted by Crippen LogP contribution is 2.38. The van der Waals surface area contributed by atoms with E-state index in [1.54, 1.807) is 0 Å². The predicted octanol–water partition coefficient (Wildman–Crippen LogP) is 3.74. The molecule has 1 aliphatic rings. The number of alkyl halides is 5. The molecule has 8 nitrogen and oxygen atoms in total. The van der Waals surface area contributed by atoms with Crippen LogP contribution in [0.15, 0.2) is 15.6 Å². The van der Waals surface area contributed by atoms with Gasteiger partial charge in [-0.3, -0.25) is 0 Å². The van der Waals surface area contributed by atoms with E-state index >= 15 is 0 Å². The van der Waals surface area contributed by atoms with E-state index in [2.05, 4.69) is 19.8 Å². The number of nitrogens with one attached hydrogen (secondary N) is 1. The molecule has 0 spiro atoms. The van der Waals surface area contributed by atoms with Crippen LogP contribution in [-0.2, 0) is 35.0 Å². The molecular formula is C16H16F6N6O2S. The van der Waals surface area contributed by atoms with Crippen molar-refractivity contribution in [3.05, 3.63) is 34.5 Å². The fourth-order valence-electron chi connectivity index (χ4n) is 3.16. The second-order valence-electron chi connectivity index (χ2n) is 6.90. The van der Waals surface area contributed by atoms with E-state index in [0.29, 0.717) is 25.3 Å². The number of nitrogens with zero attached hydrogens (tertiary/aromatic N) is 4. The first-order chi connectivity index (χ1) is 14.1. The number of pyridine rings is 1. The Balaban J connectivity index is 2.01. The molecular weight excluding hydrogens is 454 g/mol. The van der Waals surface area contributed by atoms with Crippen LogP contribution in [0.5, 0.6) is 0 Å². The van der Waals surface area contributed by atoms with Crippen LogP contribution in [0.25, 0.3) is 0 Å². The number of hydrogen-bond donors (Lipinski definition) is 2. The SMILES string of the molecule is Cc1c(C(F)(F)F)nc2c(c1NC(=O)N=[S@](N)(=O)c1nn(C(C)(F)F)cc1F)CCC2. The molecule has 1 aliphatic carbocycles. The summed E-state index contributed by atoms with van der Waals surface area (Å²) >= 11 is 0. The van der Waals surface area contributed by atoms with Crippen molar-refractivity contribution in [1.29, 1.82) is 0 Å². The minimum Gasteiger partial charge on any atom is -0.305 e. The number of carbonyl (C=O) groups excluding carboxylic acids is 1. The topological polar surface area (TPSA) is 115 Å². The lowest BCUT2D eigenvalue weighted by Gasteiger charge is -2.17. The Morgan fingerprint density at radius 1 is 1.29 bits per heavy atom. The highest BCUT2D eigenvalue weighted by Gasteiger charge is 2.38. The second kappa shape index (κ2) is 7.47. The number of urea groups is 1. The van der Waals surface area contributed by atoms with Gasteiger partial charge in [-0.1, -0.05) is 0 Å². The van der Waals surface area contributed by atoms with Gasteiger partial charge in [-0.15, -0.1) is 4.36 Å². The van der Waals surface area contributed by atoms with Crippen LogP contribution in [-0.4, -0.2) is 25.0 Å². The maximum atomic E-state index is 13.9. The van der Waals surface area contributed by atoms with Gasteiger partial charge in [-0.05, 0) is 31.7 Å². The zero-order chi connectivity index (χ0) is 23.4. The van der Waals surface area contributed by atoms with Gasteiger partial charge in [-0.2, -0.15) is 27.1 Å². The number of carbonyl (C=O) groups is 1. The van der Waals surface area contributed by atoms with Crippen molar-refractivity contribution in [3.63, 3.8) is 0 Å². The Kier molecular flexibility index (Phi) is 5.54. The van der Waals surface area contributed by atoms with Gasteiger partial charge in [0.1, 0.15) is 5.69 Å². The molecule has 3 N–H and O–H groups in total. The number of rotatable bonds is 3. The Morgan fingerprint density at radius 3 is 2.48 bits per heavy atom. The zero-order valence-electron chi connectivity index (χ0n) is 16.1. The van der Waals surface area contributed by atoms with Crippen LogP contribution in [0.3, 0.4) is 0 Å². The molecule has 2 aromatic rings. The number of halogens is 6. The van der Waals surface area contributed by atoms with E-state index < -0.39 is 44.7 Å². The molecule has 0 bridgehead atoms. The molecule has 0 aromatic carbocycles. The van der Waals surface area contributed by atoms with Gasteiger partial charge >= 0.3 is 18.3 Å². The summed E-state index contributed by atoms with van der Waals surface area (Å²) in [6, 6.07) is -5.11. The fraction of sp³-hybridized carbons (Fsp3) is 0.438. The number of aromatic nitrogens is 3. The molecule has 0 fully saturated rings. The number of fused-ring (bicyclic) bond motifs is 1. The third-order valence-corrected chi connectivity index (χ3v) is 5.77. The quantitative estimate of drug-likeness (QED) is 0.665. The van der Waals surface area contributed by atoms with Crippen LogP contribution in [0.1, 0.15) is 35.9 Å². The van der Waals surface area contributed by atoms with Gasteiger partial charge in [0.05, 0.1) is 11.9 Å². The monoisotopic (exact) mass is 470 g/mol. The molecule has 15 heteroatoms. The molecule has 170 valence electrons. The Morgan fingerprint density at radius 2 is 1.94 bits per heavy atom. The van der Waals surface area contributed by atoms with Crippen LogP contribution < -0.4 is 10.5 Å². The minimum absolute atomic E-state index is 0.146. The number of hydrogen-bond acceptors (Lipinski definition) is 4. The first-order valence-corrected chi connectivity index (χ1v) is 10.3. The molecule has 0 saturated carbocycles. The minimum atomic E-state index is -4.79. The number of amides is 2. The van der Waals surface area contributed by atoms with Gasteiger partial charge in [0, 0.05) is 18.2 Å². The van der Waals surface area contributed by atoms with Crippen molar-refractivity contribution < 1.29 is 35.3 Å². The predicted molar refractivity (Wildman–Crippen MR) is 96.1 cm³/mol. The highest BCUT2D eigenvalue weighted by molar-refractivity contribution is 7.91. The van der Waals surface area contributed by atoms with Crippen LogP contribution in [0, 0.1) is 12.7 Å². The Hall–Kier alpha value is -2.68. The summed E-state index contributed by atoms with van der Waals surface area (Å²) in [5.74, 6) is -1.49. The number of nitrogens with two attached hydrogens (primary N) is 1. The smallest absolute Gasteiger partial charge is 0.305 e. The number of anilines is 1. The summed E-state index contributed by atoms with van der Waals surface area (Å²) in [6.07, 6.45) is -3.46. The molecule has 0 aliphatic heterocycles. The first kappa shape index (κ1) is 23.0. The maximum absolute atomic E-state index is 13.9. The van der Waals surface area contributed by atoms with E-state index in [-0.39, 0.29) is 34.2 Å². The lowest BCUT2D eigenvalue weighted by atomic mass is 10.1. The van der Waals surface area contributed by atoms with Crippen molar-refractivity contribution in [2.24, 2.45) is 9.50 Å². The van der Waals surface area contributed by atoms with Gasteiger partial charge in [-0.25, -0.2) is 28.2 Å². The van der Waals surface area contributed by atoms with Gasteiger partial charge in [0.25, 0.3) is 0 Å². The van der Waals surface area contributed by atoms with Crippen molar-refractivity contribution >= 4 is 21.6 Å². The lowest BCUT2D eigenvalue weighted by Crippen LogP contribution is -2.23. The molecule has 1 atom stereocenters. The van der Waals surface area contributed by atoms with E-state index in [1.807, 2.05) is 0 Å². The third kappa shape index (κ3) is 4.51. The summed E-state index contributed by atoms with van der Waals surface area (Å²) in [5, 5.41) is 9.34. The summed E-state index contributed by atoms with van der Waals surface area (Å²) < 4.78 is 95.8. The molecule has 31 heavy (non-hydrogen) atoms. The Bertz CT molecular complexity index is 1180. The van der Waals surface area contributed by atoms with E-state index in [1.165, 1.54) is 0 Å². The lowest BCUT2D eigenvalue weighted by molar-refractivity contribution is -0.141. The molecule has 0 saturated heterocycles. The van der Waals surface area contributed by atoms with E-state index in [9.17, 15) is 35.3 Å². The van der Waals surface area contributed by atoms with Crippen LogP contribution in [0.4, 0.5) is 36.8 Å². The van der Waals surface area contributed by atoms with Gasteiger partial charge in [0.2, 0.25) is 5.03 Å². The summed E-state index contributed by atoms with van der Waals surface area (Å²) in [6.45, 7) is 1.48.